The largest absolute Gasteiger partial charge is 0.493 e. The zero-order valence-electron chi connectivity index (χ0n) is 12.6. The van der Waals surface area contributed by atoms with Crippen LogP contribution in [0.15, 0.2) is 12.3 Å². The van der Waals surface area contributed by atoms with Gasteiger partial charge in [0.25, 0.3) is 0 Å². The highest BCUT2D eigenvalue weighted by Gasteiger charge is 2.18. The van der Waals surface area contributed by atoms with E-state index in [-0.39, 0.29) is 0 Å². The summed E-state index contributed by atoms with van der Waals surface area (Å²) in [6.07, 6.45) is 4.05. The van der Waals surface area contributed by atoms with Crippen molar-refractivity contribution in [3.8, 4) is 11.5 Å². The molecule has 1 saturated heterocycles. The van der Waals surface area contributed by atoms with Crippen molar-refractivity contribution >= 4 is 0 Å². The van der Waals surface area contributed by atoms with E-state index in [1.54, 1.807) is 20.4 Å². The number of pyridine rings is 1. The van der Waals surface area contributed by atoms with Gasteiger partial charge in [0.15, 0.2) is 11.5 Å². The fourth-order valence-electron chi connectivity index (χ4n) is 2.65. The lowest BCUT2D eigenvalue weighted by Gasteiger charge is -2.27. The summed E-state index contributed by atoms with van der Waals surface area (Å²) in [6, 6.07) is 1.82. The molecule has 5 nitrogen and oxygen atoms in total. The standard InChI is InChI=1S/C15H24N2O3/c1-17(10-12-5-8-20-9-6-12)11-13-15(19-3)14(18-2)4-7-16-13/h4,7,12H,5-6,8-11H2,1-3H3. The summed E-state index contributed by atoms with van der Waals surface area (Å²) < 4.78 is 16.1. The van der Waals surface area contributed by atoms with Crippen molar-refractivity contribution in [2.24, 2.45) is 5.92 Å². The molecule has 112 valence electrons. The third-order valence-electron chi connectivity index (χ3n) is 3.70. The van der Waals surface area contributed by atoms with E-state index in [1.165, 1.54) is 0 Å². The van der Waals surface area contributed by atoms with Gasteiger partial charge in [-0.1, -0.05) is 0 Å². The Kier molecular flexibility index (Phi) is 5.61. The van der Waals surface area contributed by atoms with Crippen LogP contribution in [0.1, 0.15) is 18.5 Å². The van der Waals surface area contributed by atoms with Crippen LogP contribution in [0.4, 0.5) is 0 Å². The van der Waals surface area contributed by atoms with E-state index in [2.05, 4.69) is 16.9 Å². The molecule has 0 aromatic carbocycles. The summed E-state index contributed by atoms with van der Waals surface area (Å²) in [5.74, 6) is 2.18. The lowest BCUT2D eigenvalue weighted by atomic mass is 10.00. The molecule has 1 aliphatic heterocycles. The first-order valence-electron chi connectivity index (χ1n) is 7.06. The van der Waals surface area contributed by atoms with Crippen molar-refractivity contribution in [1.82, 2.24) is 9.88 Å². The smallest absolute Gasteiger partial charge is 0.183 e. The number of aromatic nitrogens is 1. The van der Waals surface area contributed by atoms with Crippen LogP contribution >= 0.6 is 0 Å². The van der Waals surface area contributed by atoms with Crippen LogP contribution < -0.4 is 9.47 Å². The molecular weight excluding hydrogens is 256 g/mol. The Balaban J connectivity index is 1.97. The number of methoxy groups -OCH3 is 2. The van der Waals surface area contributed by atoms with Crippen LogP contribution in [0.2, 0.25) is 0 Å². The van der Waals surface area contributed by atoms with Gasteiger partial charge in [0.2, 0.25) is 0 Å². The van der Waals surface area contributed by atoms with Crippen LogP contribution in [0.25, 0.3) is 0 Å². The molecule has 1 fully saturated rings. The van der Waals surface area contributed by atoms with Gasteiger partial charge >= 0.3 is 0 Å². The van der Waals surface area contributed by atoms with Gasteiger partial charge in [-0.05, 0) is 25.8 Å². The van der Waals surface area contributed by atoms with Crippen LogP contribution in [-0.4, -0.2) is 50.9 Å². The van der Waals surface area contributed by atoms with E-state index in [9.17, 15) is 0 Å². The second-order valence-electron chi connectivity index (χ2n) is 5.25. The maximum atomic E-state index is 5.42. The normalized spacial score (nSPS) is 16.4. The molecule has 5 heteroatoms. The van der Waals surface area contributed by atoms with Crippen LogP contribution in [-0.2, 0) is 11.3 Å². The van der Waals surface area contributed by atoms with Crippen LogP contribution in [0.3, 0.4) is 0 Å². The Bertz CT molecular complexity index is 420. The fraction of sp³-hybridized carbons (Fsp3) is 0.667. The van der Waals surface area contributed by atoms with Crippen LogP contribution in [0, 0.1) is 5.92 Å². The molecule has 0 aliphatic carbocycles. The third kappa shape index (κ3) is 3.84. The Labute approximate surface area is 120 Å². The van der Waals surface area contributed by atoms with Crippen molar-refractivity contribution in [2.75, 3.05) is 41.0 Å². The predicted octanol–water partition coefficient (Wildman–Crippen LogP) is 1.96. The molecule has 1 aliphatic rings. The van der Waals surface area contributed by atoms with E-state index in [1.807, 2.05) is 6.07 Å². The number of rotatable bonds is 6. The van der Waals surface area contributed by atoms with Gasteiger partial charge in [0.05, 0.1) is 14.2 Å². The fourth-order valence-corrected chi connectivity index (χ4v) is 2.65. The highest BCUT2D eigenvalue weighted by Crippen LogP contribution is 2.29. The summed E-state index contributed by atoms with van der Waals surface area (Å²) >= 11 is 0. The van der Waals surface area contributed by atoms with Crippen molar-refractivity contribution in [1.29, 1.82) is 0 Å². The van der Waals surface area contributed by atoms with E-state index in [4.69, 9.17) is 14.2 Å². The molecule has 0 N–H and O–H groups in total. The summed E-state index contributed by atoms with van der Waals surface area (Å²) in [6.45, 7) is 3.60. The van der Waals surface area contributed by atoms with Gasteiger partial charge in [0, 0.05) is 38.6 Å². The molecule has 0 unspecified atom stereocenters. The molecule has 2 rings (SSSR count). The summed E-state index contributed by atoms with van der Waals surface area (Å²) in [5, 5.41) is 0. The molecule has 0 spiro atoms. The Morgan fingerprint density at radius 2 is 2.05 bits per heavy atom. The zero-order chi connectivity index (χ0) is 14.4. The van der Waals surface area contributed by atoms with Gasteiger partial charge < -0.3 is 19.1 Å². The molecule has 0 amide bonds. The first-order valence-corrected chi connectivity index (χ1v) is 7.06. The first kappa shape index (κ1) is 15.1. The minimum Gasteiger partial charge on any atom is -0.493 e. The molecule has 20 heavy (non-hydrogen) atoms. The number of hydrogen-bond donors (Lipinski definition) is 0. The van der Waals surface area contributed by atoms with Gasteiger partial charge in [0.1, 0.15) is 5.69 Å². The lowest BCUT2D eigenvalue weighted by Crippen LogP contribution is -2.29. The van der Waals surface area contributed by atoms with Gasteiger partial charge in [-0.25, -0.2) is 0 Å². The number of hydrogen-bond acceptors (Lipinski definition) is 5. The topological polar surface area (TPSA) is 43.8 Å². The molecule has 1 aromatic heterocycles. The van der Waals surface area contributed by atoms with Crippen LogP contribution in [0.5, 0.6) is 11.5 Å². The first-order chi connectivity index (χ1) is 9.74. The second-order valence-corrected chi connectivity index (χ2v) is 5.25. The summed E-state index contributed by atoms with van der Waals surface area (Å²) in [7, 11) is 5.42. The molecule has 1 aromatic rings. The highest BCUT2D eigenvalue weighted by atomic mass is 16.5. The molecule has 0 atom stereocenters. The maximum absolute atomic E-state index is 5.42. The Morgan fingerprint density at radius 3 is 2.70 bits per heavy atom. The average Bonchev–Trinajstić information content (AvgIpc) is 2.47. The molecule has 0 bridgehead atoms. The lowest BCUT2D eigenvalue weighted by molar-refractivity contribution is 0.0547. The molecule has 0 saturated carbocycles. The third-order valence-corrected chi connectivity index (χ3v) is 3.70. The average molecular weight is 280 g/mol. The number of ether oxygens (including phenoxy) is 3. The summed E-state index contributed by atoms with van der Waals surface area (Å²) in [5.41, 5.74) is 0.918. The minimum absolute atomic E-state index is 0.713. The SMILES string of the molecule is COc1ccnc(CN(C)CC2CCOCC2)c1OC. The zero-order valence-corrected chi connectivity index (χ0v) is 12.6. The quantitative estimate of drug-likeness (QED) is 0.797. The maximum Gasteiger partial charge on any atom is 0.183 e. The van der Waals surface area contributed by atoms with Crippen molar-refractivity contribution in [2.45, 2.75) is 19.4 Å². The Hall–Kier alpha value is -1.33. The van der Waals surface area contributed by atoms with Crippen molar-refractivity contribution in [3.63, 3.8) is 0 Å². The van der Waals surface area contributed by atoms with Gasteiger partial charge in [-0.2, -0.15) is 0 Å². The van der Waals surface area contributed by atoms with E-state index in [0.717, 1.165) is 56.3 Å². The Morgan fingerprint density at radius 1 is 1.30 bits per heavy atom. The number of nitrogens with zero attached hydrogens (tertiary/aromatic N) is 2. The van der Waals surface area contributed by atoms with E-state index < -0.39 is 0 Å². The van der Waals surface area contributed by atoms with E-state index >= 15 is 0 Å². The predicted molar refractivity (Wildman–Crippen MR) is 77.2 cm³/mol. The van der Waals surface area contributed by atoms with E-state index in [0.29, 0.717) is 5.92 Å². The molecule has 2 heterocycles. The van der Waals surface area contributed by atoms with Crippen molar-refractivity contribution in [3.05, 3.63) is 18.0 Å². The molecular formula is C15H24N2O3. The second kappa shape index (κ2) is 7.45. The van der Waals surface area contributed by atoms with Crippen molar-refractivity contribution < 1.29 is 14.2 Å². The highest BCUT2D eigenvalue weighted by molar-refractivity contribution is 5.42. The van der Waals surface area contributed by atoms with Gasteiger partial charge in [-0.15, -0.1) is 0 Å². The summed E-state index contributed by atoms with van der Waals surface area (Å²) in [4.78, 5) is 6.71. The van der Waals surface area contributed by atoms with Gasteiger partial charge in [-0.3, -0.25) is 4.98 Å². The monoisotopic (exact) mass is 280 g/mol. The minimum atomic E-state index is 0.713. The molecule has 0 radical (unpaired) electrons.